The van der Waals surface area contributed by atoms with Gasteiger partial charge in [-0.25, -0.2) is 14.5 Å². The molecule has 0 aliphatic rings. The Morgan fingerprint density at radius 2 is 2.05 bits per heavy atom. The highest BCUT2D eigenvalue weighted by Crippen LogP contribution is 2.15. The van der Waals surface area contributed by atoms with Crippen molar-refractivity contribution < 1.29 is 14.3 Å². The molecule has 0 aliphatic heterocycles. The monoisotopic (exact) mass is 261 g/mol. The van der Waals surface area contributed by atoms with E-state index >= 15 is 0 Å². The molecule has 100 valence electrons. The summed E-state index contributed by atoms with van der Waals surface area (Å²) >= 11 is 0. The van der Waals surface area contributed by atoms with Crippen LogP contribution < -0.4 is 0 Å². The first-order chi connectivity index (χ1) is 9.22. The van der Waals surface area contributed by atoms with Crippen molar-refractivity contribution >= 4 is 5.97 Å². The quantitative estimate of drug-likeness (QED) is 0.766. The Balaban J connectivity index is 2.04. The molecule has 2 aromatic rings. The molecule has 0 aliphatic carbocycles. The molecule has 1 aromatic carbocycles. The summed E-state index contributed by atoms with van der Waals surface area (Å²) in [4.78, 5) is 15.8. The molecule has 19 heavy (non-hydrogen) atoms. The lowest BCUT2D eigenvalue weighted by Gasteiger charge is -2.22. The predicted octanol–water partition coefficient (Wildman–Crippen LogP) is 1.67. The number of carbonyl (C=O) groups excluding carboxylic acids is 1. The van der Waals surface area contributed by atoms with Crippen molar-refractivity contribution in [1.82, 2.24) is 14.8 Å². The highest BCUT2D eigenvalue weighted by atomic mass is 16.6. The summed E-state index contributed by atoms with van der Waals surface area (Å²) in [6.07, 6.45) is 1.92. The fourth-order valence-corrected chi connectivity index (χ4v) is 1.73. The van der Waals surface area contributed by atoms with Crippen LogP contribution in [0.3, 0.4) is 0 Å². The van der Waals surface area contributed by atoms with Crippen molar-refractivity contribution in [3.05, 3.63) is 48.5 Å². The first-order valence-electron chi connectivity index (χ1n) is 5.85. The van der Waals surface area contributed by atoms with Crippen LogP contribution in [0, 0.1) is 0 Å². The second-order valence-corrected chi connectivity index (χ2v) is 3.98. The van der Waals surface area contributed by atoms with Gasteiger partial charge >= 0.3 is 5.97 Å². The molecule has 0 bridgehead atoms. The lowest BCUT2D eigenvalue weighted by Crippen LogP contribution is -2.28. The number of benzene rings is 1. The molecule has 0 spiro atoms. The minimum Gasteiger partial charge on any atom is -0.454 e. The zero-order valence-corrected chi connectivity index (χ0v) is 10.8. The van der Waals surface area contributed by atoms with E-state index in [2.05, 4.69) is 10.1 Å². The zero-order valence-electron chi connectivity index (χ0n) is 10.8. The van der Waals surface area contributed by atoms with Crippen LogP contribution in [-0.2, 0) is 9.47 Å². The van der Waals surface area contributed by atoms with E-state index in [9.17, 15) is 4.79 Å². The smallest absolute Gasteiger partial charge is 0.338 e. The maximum atomic E-state index is 11.9. The van der Waals surface area contributed by atoms with E-state index in [1.807, 2.05) is 6.07 Å². The summed E-state index contributed by atoms with van der Waals surface area (Å²) in [5.41, 5.74) is 0.503. The third-order valence-corrected chi connectivity index (χ3v) is 2.64. The predicted molar refractivity (Wildman–Crippen MR) is 67.4 cm³/mol. The van der Waals surface area contributed by atoms with Crippen LogP contribution in [0.1, 0.15) is 23.5 Å². The Kier molecular flexibility index (Phi) is 4.25. The van der Waals surface area contributed by atoms with Crippen LogP contribution in [0.4, 0.5) is 0 Å². The Morgan fingerprint density at radius 3 is 2.63 bits per heavy atom. The average Bonchev–Trinajstić information content (AvgIpc) is 2.94. The van der Waals surface area contributed by atoms with Crippen molar-refractivity contribution in [2.24, 2.45) is 0 Å². The van der Waals surface area contributed by atoms with E-state index in [1.165, 1.54) is 24.4 Å². The largest absolute Gasteiger partial charge is 0.454 e. The van der Waals surface area contributed by atoms with Gasteiger partial charge in [0.15, 0.2) is 6.23 Å². The fraction of sp³-hybridized carbons (Fsp3) is 0.308. The number of rotatable bonds is 5. The van der Waals surface area contributed by atoms with Crippen molar-refractivity contribution in [3.8, 4) is 0 Å². The van der Waals surface area contributed by atoms with Crippen molar-refractivity contribution in [2.45, 2.75) is 19.3 Å². The average molecular weight is 261 g/mol. The number of carbonyl (C=O) groups is 1. The molecule has 0 saturated heterocycles. The van der Waals surface area contributed by atoms with Crippen LogP contribution in [0.15, 0.2) is 43.0 Å². The number of ether oxygens (including phenoxy) is 2. The lowest BCUT2D eigenvalue weighted by molar-refractivity contribution is -0.0691. The maximum absolute atomic E-state index is 11.9. The van der Waals surface area contributed by atoms with Crippen LogP contribution >= 0.6 is 0 Å². The first-order valence-corrected chi connectivity index (χ1v) is 5.85. The van der Waals surface area contributed by atoms with E-state index in [1.54, 1.807) is 31.2 Å². The summed E-state index contributed by atoms with van der Waals surface area (Å²) < 4.78 is 12.1. The zero-order chi connectivity index (χ0) is 13.7. The second kappa shape index (κ2) is 6.10. The van der Waals surface area contributed by atoms with E-state index in [0.29, 0.717) is 5.56 Å². The fourth-order valence-electron chi connectivity index (χ4n) is 1.73. The van der Waals surface area contributed by atoms with E-state index in [0.717, 1.165) is 0 Å². The number of methoxy groups -OCH3 is 1. The Labute approximate surface area is 111 Å². The minimum atomic E-state index is -0.504. The van der Waals surface area contributed by atoms with Crippen molar-refractivity contribution in [3.63, 3.8) is 0 Å². The van der Waals surface area contributed by atoms with Crippen LogP contribution in [0.25, 0.3) is 0 Å². The molecule has 2 rings (SSSR count). The SMILES string of the molecule is COC(C(C)OC(=O)c1ccccc1)n1cncn1. The molecule has 1 heterocycles. The Morgan fingerprint density at radius 1 is 1.32 bits per heavy atom. The van der Waals surface area contributed by atoms with Crippen molar-refractivity contribution in [2.75, 3.05) is 7.11 Å². The Hall–Kier alpha value is -2.21. The molecule has 6 nitrogen and oxygen atoms in total. The van der Waals surface area contributed by atoms with Gasteiger partial charge in [-0.1, -0.05) is 18.2 Å². The van der Waals surface area contributed by atoms with Gasteiger partial charge in [-0.15, -0.1) is 0 Å². The van der Waals surface area contributed by atoms with Gasteiger partial charge in [-0.3, -0.25) is 0 Å². The summed E-state index contributed by atoms with van der Waals surface area (Å²) in [6, 6.07) is 8.81. The van der Waals surface area contributed by atoms with Crippen molar-refractivity contribution in [1.29, 1.82) is 0 Å². The van der Waals surface area contributed by atoms with Gasteiger partial charge in [-0.05, 0) is 19.1 Å². The number of esters is 1. The lowest BCUT2D eigenvalue weighted by atomic mass is 10.2. The van der Waals surface area contributed by atoms with Crippen LogP contribution in [-0.4, -0.2) is 33.9 Å². The number of nitrogens with zero attached hydrogens (tertiary/aromatic N) is 3. The van der Waals surface area contributed by atoms with Gasteiger partial charge in [-0.2, -0.15) is 5.10 Å². The van der Waals surface area contributed by atoms with Gasteiger partial charge in [0, 0.05) is 7.11 Å². The highest BCUT2D eigenvalue weighted by Gasteiger charge is 2.23. The minimum absolute atomic E-state index is 0.393. The molecule has 1 aromatic heterocycles. The molecule has 6 heteroatoms. The standard InChI is InChI=1S/C13H15N3O3/c1-10(12(18-2)16-9-14-8-15-16)19-13(17)11-6-4-3-5-7-11/h3-10,12H,1-2H3. The molecular formula is C13H15N3O3. The van der Waals surface area contributed by atoms with Crippen LogP contribution in [0.5, 0.6) is 0 Å². The van der Waals surface area contributed by atoms with Gasteiger partial charge < -0.3 is 9.47 Å². The number of aromatic nitrogens is 3. The van der Waals surface area contributed by atoms with E-state index in [4.69, 9.17) is 9.47 Å². The molecule has 0 radical (unpaired) electrons. The first kappa shape index (κ1) is 13.2. The third-order valence-electron chi connectivity index (χ3n) is 2.64. The number of hydrogen-bond donors (Lipinski definition) is 0. The highest BCUT2D eigenvalue weighted by molar-refractivity contribution is 5.89. The molecule has 0 saturated carbocycles. The van der Waals surface area contributed by atoms with Crippen LogP contribution in [0.2, 0.25) is 0 Å². The second-order valence-electron chi connectivity index (χ2n) is 3.98. The maximum Gasteiger partial charge on any atom is 0.338 e. The van der Waals surface area contributed by atoms with Gasteiger partial charge in [0.05, 0.1) is 5.56 Å². The molecule has 2 atom stereocenters. The Bertz CT molecular complexity index is 513. The molecule has 0 amide bonds. The summed E-state index contributed by atoms with van der Waals surface area (Å²) in [5, 5.41) is 3.98. The molecule has 0 N–H and O–H groups in total. The number of hydrogen-bond acceptors (Lipinski definition) is 5. The summed E-state index contributed by atoms with van der Waals surface area (Å²) in [6.45, 7) is 1.75. The molecule has 0 fully saturated rings. The summed E-state index contributed by atoms with van der Waals surface area (Å²) in [7, 11) is 1.53. The van der Waals surface area contributed by atoms with E-state index in [-0.39, 0.29) is 0 Å². The van der Waals surface area contributed by atoms with Gasteiger partial charge in [0.25, 0.3) is 0 Å². The van der Waals surface area contributed by atoms with E-state index < -0.39 is 18.3 Å². The topological polar surface area (TPSA) is 66.2 Å². The normalized spacial score (nSPS) is 13.8. The molecule has 2 unspecified atom stereocenters. The summed E-state index contributed by atoms with van der Waals surface area (Å²) in [5.74, 6) is -0.393. The molecular weight excluding hydrogens is 246 g/mol. The third kappa shape index (κ3) is 3.17. The van der Waals surface area contributed by atoms with Gasteiger partial charge in [0.1, 0.15) is 18.8 Å². The van der Waals surface area contributed by atoms with Gasteiger partial charge in [0.2, 0.25) is 0 Å².